The van der Waals surface area contributed by atoms with Crippen molar-refractivity contribution in [1.82, 2.24) is 5.32 Å². The van der Waals surface area contributed by atoms with Crippen LogP contribution in [0.4, 0.5) is 11.4 Å². The fraction of sp³-hybridized carbons (Fsp3) is 0.381. The normalized spacial score (nSPS) is 24.1. The Morgan fingerprint density at radius 1 is 1.17 bits per heavy atom. The lowest BCUT2D eigenvalue weighted by Gasteiger charge is -2.42. The van der Waals surface area contributed by atoms with Crippen molar-refractivity contribution in [2.75, 3.05) is 17.6 Å². The molecular formula is C21H27N3O10S. The lowest BCUT2D eigenvalue weighted by molar-refractivity contribution is -0.378. The van der Waals surface area contributed by atoms with E-state index in [1.54, 1.807) is 12.1 Å². The highest BCUT2D eigenvalue weighted by molar-refractivity contribution is 7.92. The van der Waals surface area contributed by atoms with E-state index in [1.807, 2.05) is 5.18 Å². The summed E-state index contributed by atoms with van der Waals surface area (Å²) in [6, 6.07) is 9.52. The highest BCUT2D eigenvalue weighted by atomic mass is 32.2. The monoisotopic (exact) mass is 513 g/mol. The molecule has 1 heterocycles. The minimum Gasteiger partial charge on any atom is -0.870 e. The first-order chi connectivity index (χ1) is 16.0. The molecule has 13 nitrogen and oxygen atoms in total. The summed E-state index contributed by atoms with van der Waals surface area (Å²) in [4.78, 5) is 23.4. The van der Waals surface area contributed by atoms with Crippen LogP contribution in [-0.2, 0) is 19.6 Å². The number of hydrogen-bond donors (Lipinski definition) is 6. The van der Waals surface area contributed by atoms with E-state index in [1.165, 1.54) is 37.3 Å². The smallest absolute Gasteiger partial charge is 0.264 e. The average molecular weight is 514 g/mol. The predicted octanol–water partition coefficient (Wildman–Crippen LogP) is -1.65. The minimum atomic E-state index is -3.56. The minimum absolute atomic E-state index is 0. The topological polar surface area (TPSA) is 215 Å². The molecule has 0 aromatic heterocycles. The third-order valence-corrected chi connectivity index (χ3v) is 5.69. The van der Waals surface area contributed by atoms with Gasteiger partial charge in [0.15, 0.2) is 0 Å². The largest absolute Gasteiger partial charge is 0.870 e. The standard InChI is InChI=1S/C21H25N3O9S.H2O/c1-11(26)22-18-20(28)19(27)16(10-25)33-21(18)32-15-8-4-7-14(23-29)17(15)12-5-3-6-13(9-12)24-34(2,30)31;/h3-9,16,18-21,24-25,27-28H,10H2,1-2H3,(H,22,26);1H2/t16-,18-,19+,20-,21-;/m1./s1. The number of aliphatic hydroxyl groups is 3. The Morgan fingerprint density at radius 2 is 1.86 bits per heavy atom. The first-order valence-electron chi connectivity index (χ1n) is 10.2. The van der Waals surface area contributed by atoms with E-state index < -0.39 is 53.2 Å². The molecular weight excluding hydrogens is 486 g/mol. The second-order valence-electron chi connectivity index (χ2n) is 7.79. The van der Waals surface area contributed by atoms with E-state index in [0.717, 1.165) is 6.26 Å². The summed E-state index contributed by atoms with van der Waals surface area (Å²) in [6.45, 7) is 0.584. The highest BCUT2D eigenvalue weighted by Gasteiger charge is 2.46. The zero-order chi connectivity index (χ0) is 25.0. The summed E-state index contributed by atoms with van der Waals surface area (Å²) in [7, 11) is -3.56. The van der Waals surface area contributed by atoms with Crippen molar-refractivity contribution < 1.29 is 48.7 Å². The Balaban J connectivity index is 0.00000432. The molecule has 0 spiro atoms. The van der Waals surface area contributed by atoms with Gasteiger partial charge >= 0.3 is 0 Å². The fourth-order valence-electron chi connectivity index (χ4n) is 3.66. The number of amides is 1. The molecule has 0 unspecified atom stereocenters. The Kier molecular flexibility index (Phi) is 9.25. The van der Waals surface area contributed by atoms with Gasteiger partial charge in [-0.25, -0.2) is 8.42 Å². The molecule has 1 amide bonds. The first-order valence-corrected chi connectivity index (χ1v) is 12.1. The van der Waals surface area contributed by atoms with Gasteiger partial charge < -0.3 is 35.6 Å². The zero-order valence-electron chi connectivity index (χ0n) is 18.8. The van der Waals surface area contributed by atoms with Gasteiger partial charge in [0.05, 0.1) is 18.4 Å². The van der Waals surface area contributed by atoms with Crippen molar-refractivity contribution >= 4 is 27.3 Å². The highest BCUT2D eigenvalue weighted by Crippen LogP contribution is 2.37. The molecule has 5 atom stereocenters. The molecule has 3 rings (SSSR count). The molecule has 192 valence electrons. The van der Waals surface area contributed by atoms with Crippen LogP contribution in [0.3, 0.4) is 0 Å². The SMILES string of the molecule is CC(=O)N[C@H]1[C@H](Oc2cccc([NH+]=O)c2-c2cccc(NS(C)(=O)=O)c2)O[C@H](CO)[C@H](O)[C@@H]1O.[OH-]. The Labute approximate surface area is 201 Å². The van der Waals surface area contributed by atoms with Crippen LogP contribution in [0.5, 0.6) is 5.75 Å². The lowest BCUT2D eigenvalue weighted by atomic mass is 9.96. The van der Waals surface area contributed by atoms with E-state index in [2.05, 4.69) is 10.0 Å². The molecule has 0 aliphatic carbocycles. The van der Waals surface area contributed by atoms with Gasteiger partial charge in [0.1, 0.15) is 30.1 Å². The molecule has 14 heteroatoms. The molecule has 2 aromatic carbocycles. The third-order valence-electron chi connectivity index (χ3n) is 5.08. The number of carbonyl (C=O) groups excluding carboxylic acids is 1. The number of aliphatic hydroxyl groups excluding tert-OH is 3. The number of sulfonamides is 1. The number of rotatable bonds is 8. The number of nitrogens with one attached hydrogen (secondary N) is 3. The predicted molar refractivity (Wildman–Crippen MR) is 122 cm³/mol. The van der Waals surface area contributed by atoms with E-state index >= 15 is 0 Å². The molecule has 1 saturated heterocycles. The summed E-state index contributed by atoms with van der Waals surface area (Å²) < 4.78 is 37.2. The Hall–Kier alpha value is -3.14. The van der Waals surface area contributed by atoms with E-state index in [0.29, 0.717) is 5.56 Å². The molecule has 0 saturated carbocycles. The second kappa shape index (κ2) is 11.5. The van der Waals surface area contributed by atoms with Crippen molar-refractivity contribution in [3.05, 3.63) is 47.4 Å². The summed E-state index contributed by atoms with van der Waals surface area (Å²) >= 11 is 0. The molecule has 35 heavy (non-hydrogen) atoms. The lowest BCUT2D eigenvalue weighted by Crippen LogP contribution is -2.65. The van der Waals surface area contributed by atoms with Gasteiger partial charge in [-0.1, -0.05) is 18.2 Å². The van der Waals surface area contributed by atoms with Gasteiger partial charge in [0, 0.05) is 28.8 Å². The summed E-state index contributed by atoms with van der Waals surface area (Å²) in [5, 5.41) is 34.5. The van der Waals surface area contributed by atoms with Crippen LogP contribution in [0.1, 0.15) is 6.92 Å². The third kappa shape index (κ3) is 6.72. The molecule has 1 aliphatic rings. The van der Waals surface area contributed by atoms with Gasteiger partial charge in [-0.2, -0.15) is 0 Å². The van der Waals surface area contributed by atoms with Gasteiger partial charge in [0.2, 0.25) is 22.2 Å². The van der Waals surface area contributed by atoms with Gasteiger partial charge in [0.25, 0.3) is 5.69 Å². The number of anilines is 1. The van der Waals surface area contributed by atoms with E-state index in [4.69, 9.17) is 9.47 Å². The van der Waals surface area contributed by atoms with Gasteiger partial charge in [-0.15, -0.1) is 0 Å². The second-order valence-corrected chi connectivity index (χ2v) is 9.54. The number of carbonyl (C=O) groups is 1. The summed E-state index contributed by atoms with van der Waals surface area (Å²) in [5.74, 6) is -0.427. The maximum Gasteiger partial charge on any atom is 0.264 e. The Morgan fingerprint density at radius 3 is 2.46 bits per heavy atom. The zero-order valence-corrected chi connectivity index (χ0v) is 19.6. The van der Waals surface area contributed by atoms with Crippen LogP contribution < -0.4 is 20.0 Å². The van der Waals surface area contributed by atoms with Crippen molar-refractivity contribution in [2.24, 2.45) is 0 Å². The van der Waals surface area contributed by atoms with Crippen LogP contribution in [-0.4, -0.2) is 78.6 Å². The van der Waals surface area contributed by atoms with Gasteiger partial charge in [-0.05, 0) is 23.8 Å². The van der Waals surface area contributed by atoms with Crippen LogP contribution in [0.15, 0.2) is 42.5 Å². The average Bonchev–Trinajstić information content (AvgIpc) is 2.77. The van der Waals surface area contributed by atoms with E-state index in [9.17, 15) is 33.4 Å². The van der Waals surface area contributed by atoms with E-state index in [-0.39, 0.29) is 28.2 Å². The maximum atomic E-state index is 11.7. The summed E-state index contributed by atoms with van der Waals surface area (Å²) in [6.07, 6.45) is -4.56. The molecule has 1 fully saturated rings. The van der Waals surface area contributed by atoms with Crippen molar-refractivity contribution in [3.63, 3.8) is 0 Å². The van der Waals surface area contributed by atoms with Crippen LogP contribution >= 0.6 is 0 Å². The van der Waals surface area contributed by atoms with Crippen molar-refractivity contribution in [2.45, 2.75) is 37.6 Å². The van der Waals surface area contributed by atoms with Crippen molar-refractivity contribution in [3.8, 4) is 16.9 Å². The van der Waals surface area contributed by atoms with Crippen LogP contribution in [0, 0.1) is 4.91 Å². The van der Waals surface area contributed by atoms with Gasteiger partial charge in [-0.3, -0.25) is 9.52 Å². The Bertz CT molecular complexity index is 1160. The number of hydrogen-bond acceptors (Lipinski definition) is 10. The number of benzene rings is 2. The van der Waals surface area contributed by atoms with Crippen molar-refractivity contribution in [1.29, 1.82) is 0 Å². The maximum absolute atomic E-state index is 11.7. The number of ether oxygens (including phenoxy) is 2. The van der Waals surface area contributed by atoms with Crippen LogP contribution in [0.25, 0.3) is 11.1 Å². The molecule has 1 aliphatic heterocycles. The molecule has 2 aromatic rings. The fourth-order valence-corrected chi connectivity index (χ4v) is 4.22. The molecule has 0 bridgehead atoms. The number of nitroso groups, excluding NO2 is 1. The first kappa shape index (κ1) is 28.1. The molecule has 0 radical (unpaired) electrons. The molecule has 7 N–H and O–H groups in total. The quantitative estimate of drug-likeness (QED) is 0.236. The van der Waals surface area contributed by atoms with Crippen LogP contribution in [0.2, 0.25) is 0 Å². The summed E-state index contributed by atoms with van der Waals surface area (Å²) in [5.41, 5.74) is 1.01.